The molecule has 1 amide bonds. The summed E-state index contributed by atoms with van der Waals surface area (Å²) in [4.78, 5) is 32.3. The number of carbonyl (C=O) groups excluding carboxylic acids is 1. The van der Waals surface area contributed by atoms with Crippen molar-refractivity contribution in [2.45, 2.75) is 31.0 Å². The zero-order chi connectivity index (χ0) is 27.9. The number of hydrogen-bond donors (Lipinski definition) is 2. The number of fused-ring (bicyclic) bond motifs is 1. The lowest BCUT2D eigenvalue weighted by atomic mass is 9.91. The quantitative estimate of drug-likeness (QED) is 0.385. The number of carbonyl (C=O) groups is 1. The fourth-order valence-electron chi connectivity index (χ4n) is 5.46. The van der Waals surface area contributed by atoms with Gasteiger partial charge in [0.15, 0.2) is 5.65 Å². The van der Waals surface area contributed by atoms with Crippen molar-refractivity contribution < 1.29 is 19.0 Å². The van der Waals surface area contributed by atoms with Gasteiger partial charge in [0.2, 0.25) is 0 Å². The number of ether oxygens (including phenoxy) is 1. The smallest absolute Gasteiger partial charge is 0.262 e. The van der Waals surface area contributed by atoms with Crippen molar-refractivity contribution in [3.8, 4) is 5.69 Å². The first-order valence-electron chi connectivity index (χ1n) is 13.3. The van der Waals surface area contributed by atoms with Crippen molar-refractivity contribution in [1.82, 2.24) is 24.3 Å². The van der Waals surface area contributed by atoms with Gasteiger partial charge in [0.05, 0.1) is 36.8 Å². The molecule has 4 heterocycles. The molecule has 2 aromatic heterocycles. The summed E-state index contributed by atoms with van der Waals surface area (Å²) in [6.45, 7) is 2.80. The molecule has 0 saturated carbocycles. The number of likely N-dealkylation sites (tertiary alicyclic amines) is 1. The van der Waals surface area contributed by atoms with Gasteiger partial charge in [-0.15, -0.1) is 0 Å². The van der Waals surface area contributed by atoms with Crippen molar-refractivity contribution in [2.24, 2.45) is 0 Å². The van der Waals surface area contributed by atoms with E-state index in [-0.39, 0.29) is 24.1 Å². The Morgan fingerprint density at radius 2 is 1.88 bits per heavy atom. The maximum atomic E-state index is 13.4. The molecule has 0 spiro atoms. The lowest BCUT2D eigenvalue weighted by Gasteiger charge is -2.38. The highest BCUT2D eigenvalue weighted by molar-refractivity contribution is 6.31. The number of nitrogens with one attached hydrogen (secondary N) is 1. The number of hydrogen-bond acceptors (Lipinski definition) is 6. The fraction of sp³-hybridized carbons (Fsp3) is 0.345. The van der Waals surface area contributed by atoms with Gasteiger partial charge in [-0.3, -0.25) is 18.7 Å². The van der Waals surface area contributed by atoms with E-state index in [0.29, 0.717) is 60.9 Å². The second kappa shape index (κ2) is 10.8. The van der Waals surface area contributed by atoms with Gasteiger partial charge in [0.25, 0.3) is 11.5 Å². The lowest BCUT2D eigenvalue weighted by molar-refractivity contribution is -0.0299. The van der Waals surface area contributed by atoms with Crippen LogP contribution in [-0.4, -0.2) is 68.5 Å². The number of rotatable bonds is 5. The van der Waals surface area contributed by atoms with Crippen LogP contribution in [0, 0.1) is 5.82 Å². The van der Waals surface area contributed by atoms with Gasteiger partial charge in [-0.05, 0) is 60.9 Å². The van der Waals surface area contributed by atoms with Crippen LogP contribution in [0.25, 0.3) is 16.7 Å². The van der Waals surface area contributed by atoms with Crippen molar-refractivity contribution in [1.29, 1.82) is 0 Å². The number of aliphatic hydroxyl groups is 1. The largest absolute Gasteiger partial charge is 0.388 e. The van der Waals surface area contributed by atoms with Gasteiger partial charge in [-0.1, -0.05) is 23.7 Å². The van der Waals surface area contributed by atoms with Crippen molar-refractivity contribution in [2.75, 3.05) is 32.8 Å². The van der Waals surface area contributed by atoms with Gasteiger partial charge in [-0.25, -0.2) is 9.37 Å². The van der Waals surface area contributed by atoms with E-state index >= 15 is 0 Å². The van der Waals surface area contributed by atoms with Crippen molar-refractivity contribution >= 4 is 28.5 Å². The minimum absolute atomic E-state index is 0.0430. The average molecular weight is 566 g/mol. The van der Waals surface area contributed by atoms with Crippen LogP contribution in [0.1, 0.15) is 34.8 Å². The Balaban J connectivity index is 1.18. The first-order valence-corrected chi connectivity index (χ1v) is 13.6. The molecule has 9 nitrogen and oxygen atoms in total. The van der Waals surface area contributed by atoms with Crippen LogP contribution >= 0.6 is 11.6 Å². The normalized spacial score (nSPS) is 19.2. The van der Waals surface area contributed by atoms with E-state index in [1.807, 2.05) is 24.3 Å². The number of nitrogens with zero attached hydrogens (tertiary/aromatic N) is 4. The maximum Gasteiger partial charge on any atom is 0.262 e. The summed E-state index contributed by atoms with van der Waals surface area (Å²) in [6, 6.07) is 15.0. The standard InChI is InChI=1S/C29H29ClFN5O4/c30-25-15-23-26(36(25)22-7-3-19(4-8-22)24-16-40-14-11-32-24)33-18-35(28(23)38)17-29(39)9-12-34(13-10-29)27(37)20-1-5-21(31)6-2-20/h1-8,15,18,24,32,39H,9-14,16-17H2. The van der Waals surface area contributed by atoms with Crippen LogP contribution in [0.4, 0.5) is 4.39 Å². The van der Waals surface area contributed by atoms with E-state index in [4.69, 9.17) is 16.3 Å². The van der Waals surface area contributed by atoms with Crippen molar-refractivity contribution in [3.05, 3.63) is 93.4 Å². The topological polar surface area (TPSA) is 102 Å². The van der Waals surface area contributed by atoms with E-state index in [0.717, 1.165) is 17.8 Å². The molecule has 2 N–H and O–H groups in total. The number of benzene rings is 2. The van der Waals surface area contributed by atoms with Crippen LogP contribution in [0.2, 0.25) is 5.15 Å². The molecule has 2 aliphatic heterocycles. The van der Waals surface area contributed by atoms with Crippen molar-refractivity contribution in [3.63, 3.8) is 0 Å². The predicted octanol–water partition coefficient (Wildman–Crippen LogP) is 3.31. The monoisotopic (exact) mass is 565 g/mol. The van der Waals surface area contributed by atoms with E-state index in [9.17, 15) is 19.1 Å². The lowest BCUT2D eigenvalue weighted by Crippen LogP contribution is -2.49. The molecule has 2 fully saturated rings. The Kier molecular flexibility index (Phi) is 7.18. The number of halogens is 2. The molecule has 2 saturated heterocycles. The molecule has 11 heteroatoms. The molecule has 4 aromatic rings. The molecule has 208 valence electrons. The molecule has 0 aliphatic carbocycles. The average Bonchev–Trinajstić information content (AvgIpc) is 3.32. The molecule has 6 rings (SSSR count). The summed E-state index contributed by atoms with van der Waals surface area (Å²) in [5, 5.41) is 15.4. The highest BCUT2D eigenvalue weighted by Gasteiger charge is 2.35. The Morgan fingerprint density at radius 1 is 1.15 bits per heavy atom. The van der Waals surface area contributed by atoms with E-state index in [1.165, 1.54) is 35.2 Å². The van der Waals surface area contributed by atoms with E-state index < -0.39 is 11.4 Å². The van der Waals surface area contributed by atoms with Crippen LogP contribution in [0.5, 0.6) is 0 Å². The minimum atomic E-state index is -1.18. The molecule has 0 radical (unpaired) electrons. The second-order valence-corrected chi connectivity index (χ2v) is 10.8. The second-order valence-electron chi connectivity index (χ2n) is 10.4. The zero-order valence-electron chi connectivity index (χ0n) is 21.7. The summed E-state index contributed by atoms with van der Waals surface area (Å²) < 4.78 is 21.9. The Morgan fingerprint density at radius 3 is 2.55 bits per heavy atom. The van der Waals surface area contributed by atoms with Gasteiger partial charge >= 0.3 is 0 Å². The summed E-state index contributed by atoms with van der Waals surface area (Å²) >= 11 is 6.57. The highest BCUT2D eigenvalue weighted by Crippen LogP contribution is 2.28. The molecule has 2 aromatic carbocycles. The SMILES string of the molecule is O=C(c1ccc(F)cc1)N1CCC(O)(Cn2cnc3c(cc(Cl)n3-c3ccc(C4COCCN4)cc3)c2=O)CC1. The van der Waals surface area contributed by atoms with Crippen LogP contribution in [-0.2, 0) is 11.3 Å². The van der Waals surface area contributed by atoms with E-state index in [2.05, 4.69) is 10.3 Å². The van der Waals surface area contributed by atoms with Gasteiger partial charge in [0.1, 0.15) is 17.3 Å². The third kappa shape index (κ3) is 5.15. The maximum absolute atomic E-state index is 13.4. The van der Waals surface area contributed by atoms with Crippen LogP contribution < -0.4 is 10.9 Å². The van der Waals surface area contributed by atoms with Gasteiger partial charge in [-0.2, -0.15) is 0 Å². The first kappa shape index (κ1) is 26.6. The first-order chi connectivity index (χ1) is 19.3. The molecule has 1 unspecified atom stereocenters. The predicted molar refractivity (Wildman–Crippen MR) is 148 cm³/mol. The zero-order valence-corrected chi connectivity index (χ0v) is 22.5. The summed E-state index contributed by atoms with van der Waals surface area (Å²) in [6.07, 6.45) is 2.02. The third-order valence-electron chi connectivity index (χ3n) is 7.75. The molecule has 2 aliphatic rings. The molecular weight excluding hydrogens is 537 g/mol. The molecule has 1 atom stereocenters. The summed E-state index contributed by atoms with van der Waals surface area (Å²) in [5.41, 5.74) is 1.23. The Bertz CT molecular complexity index is 1590. The van der Waals surface area contributed by atoms with Crippen LogP contribution in [0.3, 0.4) is 0 Å². The summed E-state index contributed by atoms with van der Waals surface area (Å²) in [7, 11) is 0. The summed E-state index contributed by atoms with van der Waals surface area (Å²) in [5.74, 6) is -0.618. The Labute approximate surface area is 234 Å². The minimum Gasteiger partial charge on any atom is -0.388 e. The van der Waals surface area contributed by atoms with Crippen LogP contribution in [0.15, 0.2) is 65.7 Å². The number of piperidine rings is 1. The van der Waals surface area contributed by atoms with E-state index in [1.54, 1.807) is 15.5 Å². The molecule has 40 heavy (non-hydrogen) atoms. The van der Waals surface area contributed by atoms with Gasteiger partial charge in [0, 0.05) is 30.9 Å². The number of aromatic nitrogens is 3. The Hall–Kier alpha value is -3.57. The molecule has 0 bridgehead atoms. The fourth-order valence-corrected chi connectivity index (χ4v) is 5.74. The highest BCUT2D eigenvalue weighted by atomic mass is 35.5. The third-order valence-corrected chi connectivity index (χ3v) is 8.03. The number of amides is 1. The molecular formula is C29H29ClFN5O4. The number of morpholine rings is 1. The van der Waals surface area contributed by atoms with Gasteiger partial charge < -0.3 is 20.1 Å².